The van der Waals surface area contributed by atoms with E-state index in [1.165, 1.54) is 13.2 Å². The van der Waals surface area contributed by atoms with E-state index in [1.54, 1.807) is 12.3 Å². The van der Waals surface area contributed by atoms with Gasteiger partial charge in [-0.05, 0) is 45.8 Å². The van der Waals surface area contributed by atoms with Crippen molar-refractivity contribution in [2.75, 3.05) is 7.11 Å². The molecule has 3 nitrogen and oxygen atoms in total. The SMILES string of the molecule is COc1cc(Br)c(F)cc1C=Nc1ccccc1OCc1ccccc1. The van der Waals surface area contributed by atoms with Crippen molar-refractivity contribution in [1.82, 2.24) is 0 Å². The molecule has 0 unspecified atom stereocenters. The lowest BCUT2D eigenvalue weighted by Crippen LogP contribution is -1.96. The largest absolute Gasteiger partial charge is 0.496 e. The van der Waals surface area contributed by atoms with Crippen LogP contribution in [0.15, 0.2) is 76.2 Å². The number of ether oxygens (including phenoxy) is 2. The van der Waals surface area contributed by atoms with Crippen LogP contribution in [0.3, 0.4) is 0 Å². The summed E-state index contributed by atoms with van der Waals surface area (Å²) in [5, 5.41) is 0. The molecule has 0 spiro atoms. The van der Waals surface area contributed by atoms with Crippen LogP contribution in [0.25, 0.3) is 0 Å². The van der Waals surface area contributed by atoms with E-state index < -0.39 is 0 Å². The molecule has 3 aromatic carbocycles. The Kier molecular flexibility index (Phi) is 6.02. The maximum Gasteiger partial charge on any atom is 0.145 e. The van der Waals surface area contributed by atoms with E-state index in [2.05, 4.69) is 20.9 Å². The molecule has 0 radical (unpaired) electrons. The molecule has 0 amide bonds. The highest BCUT2D eigenvalue weighted by Crippen LogP contribution is 2.29. The molecule has 0 atom stereocenters. The molecule has 3 aromatic rings. The second-order valence-corrected chi connectivity index (χ2v) is 6.36. The number of halogens is 2. The van der Waals surface area contributed by atoms with E-state index >= 15 is 0 Å². The molecule has 132 valence electrons. The van der Waals surface area contributed by atoms with Crippen molar-refractivity contribution in [3.05, 3.63) is 88.1 Å². The Hall–Kier alpha value is -2.66. The fourth-order valence-corrected chi connectivity index (χ4v) is 2.70. The van der Waals surface area contributed by atoms with Gasteiger partial charge in [0.25, 0.3) is 0 Å². The van der Waals surface area contributed by atoms with Crippen LogP contribution in [0.2, 0.25) is 0 Å². The molecule has 26 heavy (non-hydrogen) atoms. The first-order valence-electron chi connectivity index (χ1n) is 8.00. The fraction of sp³-hybridized carbons (Fsp3) is 0.0952. The third-order valence-corrected chi connectivity index (χ3v) is 4.33. The third kappa shape index (κ3) is 4.49. The van der Waals surface area contributed by atoms with Crippen molar-refractivity contribution in [2.24, 2.45) is 4.99 Å². The minimum absolute atomic E-state index is 0.345. The average molecular weight is 414 g/mol. The Bertz CT molecular complexity index is 913. The number of rotatable bonds is 6. The van der Waals surface area contributed by atoms with Gasteiger partial charge >= 0.3 is 0 Å². The van der Waals surface area contributed by atoms with Crippen molar-refractivity contribution >= 4 is 27.8 Å². The maximum atomic E-state index is 13.8. The Balaban J connectivity index is 1.82. The number of hydrogen-bond donors (Lipinski definition) is 0. The van der Waals surface area contributed by atoms with Gasteiger partial charge in [-0.3, -0.25) is 4.99 Å². The van der Waals surface area contributed by atoms with Crippen LogP contribution in [-0.4, -0.2) is 13.3 Å². The summed E-state index contributed by atoms with van der Waals surface area (Å²) in [6.07, 6.45) is 1.57. The predicted octanol–water partition coefficient (Wildman–Crippen LogP) is 5.93. The van der Waals surface area contributed by atoms with E-state index in [-0.39, 0.29) is 5.82 Å². The van der Waals surface area contributed by atoms with Gasteiger partial charge in [0.05, 0.1) is 11.6 Å². The number of benzene rings is 3. The molecule has 0 saturated carbocycles. The molecule has 0 aliphatic heterocycles. The van der Waals surface area contributed by atoms with E-state index in [0.717, 1.165) is 5.56 Å². The quantitative estimate of drug-likeness (QED) is 0.469. The zero-order chi connectivity index (χ0) is 18.4. The Morgan fingerprint density at radius 1 is 1.00 bits per heavy atom. The van der Waals surface area contributed by atoms with Crippen molar-refractivity contribution in [2.45, 2.75) is 6.61 Å². The van der Waals surface area contributed by atoms with E-state index in [0.29, 0.717) is 33.8 Å². The summed E-state index contributed by atoms with van der Waals surface area (Å²) < 4.78 is 25.3. The molecule has 3 rings (SSSR count). The average Bonchev–Trinajstić information content (AvgIpc) is 2.68. The summed E-state index contributed by atoms with van der Waals surface area (Å²) in [5.74, 6) is 0.815. The van der Waals surface area contributed by atoms with Crippen molar-refractivity contribution < 1.29 is 13.9 Å². The highest BCUT2D eigenvalue weighted by molar-refractivity contribution is 9.10. The van der Waals surface area contributed by atoms with Crippen LogP contribution >= 0.6 is 15.9 Å². The van der Waals surface area contributed by atoms with Gasteiger partial charge < -0.3 is 9.47 Å². The minimum atomic E-state index is -0.374. The smallest absolute Gasteiger partial charge is 0.145 e. The van der Waals surface area contributed by atoms with Crippen LogP contribution < -0.4 is 9.47 Å². The number of methoxy groups -OCH3 is 1. The lowest BCUT2D eigenvalue weighted by molar-refractivity contribution is 0.307. The Morgan fingerprint density at radius 3 is 2.50 bits per heavy atom. The van der Waals surface area contributed by atoms with Crippen LogP contribution in [0.5, 0.6) is 11.5 Å². The van der Waals surface area contributed by atoms with Crippen molar-refractivity contribution in [1.29, 1.82) is 0 Å². The molecule has 0 aliphatic rings. The summed E-state index contributed by atoms with van der Waals surface area (Å²) in [7, 11) is 1.54. The second-order valence-electron chi connectivity index (χ2n) is 5.51. The zero-order valence-corrected chi connectivity index (χ0v) is 15.7. The molecule has 0 saturated heterocycles. The summed E-state index contributed by atoms with van der Waals surface area (Å²) in [5.41, 5.74) is 2.28. The van der Waals surface area contributed by atoms with Gasteiger partial charge in [0, 0.05) is 11.8 Å². The van der Waals surface area contributed by atoms with Gasteiger partial charge in [-0.15, -0.1) is 0 Å². The van der Waals surface area contributed by atoms with Crippen LogP contribution in [0.4, 0.5) is 10.1 Å². The second kappa shape index (κ2) is 8.63. The molecular weight excluding hydrogens is 397 g/mol. The van der Waals surface area contributed by atoms with Crippen molar-refractivity contribution in [3.63, 3.8) is 0 Å². The fourth-order valence-electron chi connectivity index (χ4n) is 2.38. The highest BCUT2D eigenvalue weighted by Gasteiger charge is 2.08. The molecule has 5 heteroatoms. The van der Waals surface area contributed by atoms with Gasteiger partial charge in [0.2, 0.25) is 0 Å². The monoisotopic (exact) mass is 413 g/mol. The summed E-state index contributed by atoms with van der Waals surface area (Å²) in [4.78, 5) is 4.46. The number of nitrogens with zero attached hydrogens (tertiary/aromatic N) is 1. The van der Waals surface area contributed by atoms with E-state index in [4.69, 9.17) is 9.47 Å². The first kappa shape index (κ1) is 18.1. The maximum absolute atomic E-state index is 13.8. The minimum Gasteiger partial charge on any atom is -0.496 e. The van der Waals surface area contributed by atoms with E-state index in [1.807, 2.05) is 54.6 Å². The molecular formula is C21H17BrFNO2. The standard InChI is InChI=1S/C21H17BrFNO2/c1-25-21-12-17(22)18(23)11-16(21)13-24-19-9-5-6-10-20(19)26-14-15-7-3-2-4-8-15/h2-13H,14H2,1H3. The molecule has 0 bridgehead atoms. The Morgan fingerprint density at radius 2 is 1.73 bits per heavy atom. The summed E-state index contributed by atoms with van der Waals surface area (Å²) >= 11 is 3.15. The number of aliphatic imine (C=N–C) groups is 1. The summed E-state index contributed by atoms with van der Waals surface area (Å²) in [6, 6.07) is 20.3. The molecule has 0 aromatic heterocycles. The molecule has 0 fully saturated rings. The zero-order valence-electron chi connectivity index (χ0n) is 14.2. The predicted molar refractivity (Wildman–Crippen MR) is 105 cm³/mol. The van der Waals surface area contributed by atoms with Crippen molar-refractivity contribution in [3.8, 4) is 11.5 Å². The number of hydrogen-bond acceptors (Lipinski definition) is 3. The van der Waals surface area contributed by atoms with Gasteiger partial charge in [0.15, 0.2) is 0 Å². The van der Waals surface area contributed by atoms with Crippen LogP contribution in [0, 0.1) is 5.82 Å². The number of para-hydroxylation sites is 2. The molecule has 0 heterocycles. The van der Waals surface area contributed by atoms with Crippen LogP contribution in [-0.2, 0) is 6.61 Å². The van der Waals surface area contributed by atoms with E-state index in [9.17, 15) is 4.39 Å². The van der Waals surface area contributed by atoms with Gasteiger partial charge in [-0.25, -0.2) is 4.39 Å². The summed E-state index contributed by atoms with van der Waals surface area (Å²) in [6.45, 7) is 0.448. The van der Waals surface area contributed by atoms with Gasteiger partial charge in [-0.1, -0.05) is 42.5 Å². The molecule has 0 aliphatic carbocycles. The normalized spacial score (nSPS) is 10.9. The topological polar surface area (TPSA) is 30.8 Å². The lowest BCUT2D eigenvalue weighted by Gasteiger charge is -2.09. The van der Waals surface area contributed by atoms with Gasteiger partial charge in [-0.2, -0.15) is 0 Å². The molecule has 0 N–H and O–H groups in total. The van der Waals surface area contributed by atoms with Crippen LogP contribution in [0.1, 0.15) is 11.1 Å². The first-order chi connectivity index (χ1) is 12.7. The first-order valence-corrected chi connectivity index (χ1v) is 8.79. The highest BCUT2D eigenvalue weighted by atomic mass is 79.9. The van der Waals surface area contributed by atoms with Gasteiger partial charge in [0.1, 0.15) is 29.6 Å². The lowest BCUT2D eigenvalue weighted by atomic mass is 10.2. The Labute approximate surface area is 160 Å². The third-order valence-electron chi connectivity index (χ3n) is 3.72.